The van der Waals surface area contributed by atoms with Crippen LogP contribution in [0.3, 0.4) is 0 Å². The number of fused-ring (bicyclic) bond motifs is 1. The number of nitrogens with zero attached hydrogens (tertiary/aromatic N) is 2. The predicted molar refractivity (Wildman–Crippen MR) is 144 cm³/mol. The molecule has 5 rings (SSSR count). The van der Waals surface area contributed by atoms with Gasteiger partial charge in [0.2, 0.25) is 0 Å². The van der Waals surface area contributed by atoms with Crippen LogP contribution >= 0.6 is 23.2 Å². The van der Waals surface area contributed by atoms with Gasteiger partial charge in [-0.15, -0.1) is 0 Å². The van der Waals surface area contributed by atoms with Crippen LogP contribution in [0.1, 0.15) is 21.5 Å². The van der Waals surface area contributed by atoms with E-state index in [1.54, 1.807) is 20.3 Å². The van der Waals surface area contributed by atoms with Crippen LogP contribution in [0.2, 0.25) is 10.0 Å². The summed E-state index contributed by atoms with van der Waals surface area (Å²) in [6, 6.07) is 15.2. The lowest BCUT2D eigenvalue weighted by Crippen LogP contribution is -2.43. The van der Waals surface area contributed by atoms with Crippen molar-refractivity contribution in [1.82, 2.24) is 10.6 Å². The Hall–Kier alpha value is -3.26. The molecule has 2 aliphatic rings. The molecule has 36 heavy (non-hydrogen) atoms. The van der Waals surface area contributed by atoms with E-state index in [9.17, 15) is 4.79 Å². The van der Waals surface area contributed by atoms with Crippen molar-refractivity contribution in [2.45, 2.75) is 6.54 Å². The molecule has 0 atom stereocenters. The van der Waals surface area contributed by atoms with Gasteiger partial charge in [0.15, 0.2) is 0 Å². The molecule has 0 saturated carbocycles. The zero-order chi connectivity index (χ0) is 25.2. The van der Waals surface area contributed by atoms with Crippen molar-refractivity contribution in [3.63, 3.8) is 0 Å². The zero-order valence-corrected chi connectivity index (χ0v) is 21.5. The maximum atomic E-state index is 12.9. The quantitative estimate of drug-likeness (QED) is 0.502. The highest BCUT2D eigenvalue weighted by Crippen LogP contribution is 2.46. The third-order valence-electron chi connectivity index (χ3n) is 6.47. The van der Waals surface area contributed by atoms with E-state index < -0.39 is 0 Å². The van der Waals surface area contributed by atoms with Crippen LogP contribution in [0.5, 0.6) is 11.5 Å². The molecule has 7 nitrogen and oxygen atoms in total. The number of methoxy groups -OCH3 is 2. The Morgan fingerprint density at radius 1 is 0.972 bits per heavy atom. The number of halogens is 2. The summed E-state index contributed by atoms with van der Waals surface area (Å²) in [6.45, 7) is 4.29. The number of rotatable bonds is 5. The highest BCUT2D eigenvalue weighted by atomic mass is 35.5. The Morgan fingerprint density at radius 3 is 2.28 bits per heavy atom. The molecule has 3 aromatic rings. The number of hydrogen-bond donors (Lipinski definition) is 2. The number of carbonyl (C=O) groups excluding carboxylic acids is 1. The number of carbonyl (C=O) groups is 1. The fourth-order valence-corrected chi connectivity index (χ4v) is 5.25. The second-order valence-electron chi connectivity index (χ2n) is 8.56. The summed E-state index contributed by atoms with van der Waals surface area (Å²) in [6.07, 6.45) is 0. The standard InChI is InChI=1S/C27H26Cl2N4O3/c1-35-21-14-22(36-2)25(29)23(24(21)28)17-5-8-20-18(13-17)15-31-26(20)32-27(34)16-3-6-19(7-4-16)33-11-9-30-10-12-33/h3-8,13-14,30H,9-12,15H2,1-2H3,(H,31,32,34). The third kappa shape index (κ3) is 4.62. The highest BCUT2D eigenvalue weighted by Gasteiger charge is 2.23. The first-order valence-electron chi connectivity index (χ1n) is 11.7. The fourth-order valence-electron chi connectivity index (χ4n) is 4.53. The summed E-state index contributed by atoms with van der Waals surface area (Å²) in [7, 11) is 3.09. The average molecular weight is 525 g/mol. The molecule has 0 unspecified atom stereocenters. The Labute approximate surface area is 220 Å². The van der Waals surface area contributed by atoms with Gasteiger partial charge in [-0.3, -0.25) is 9.79 Å². The van der Waals surface area contributed by atoms with E-state index in [1.807, 2.05) is 42.5 Å². The summed E-state index contributed by atoms with van der Waals surface area (Å²) in [4.78, 5) is 19.8. The summed E-state index contributed by atoms with van der Waals surface area (Å²) in [5.74, 6) is 1.30. The number of hydrogen-bond acceptors (Lipinski definition) is 6. The van der Waals surface area contributed by atoms with Crippen molar-refractivity contribution >= 4 is 40.6 Å². The van der Waals surface area contributed by atoms with E-state index in [0.29, 0.717) is 45.1 Å². The van der Waals surface area contributed by atoms with Gasteiger partial charge in [0, 0.05) is 54.6 Å². The first kappa shape index (κ1) is 24.4. The summed E-state index contributed by atoms with van der Waals surface area (Å²) in [5.41, 5.74) is 4.98. The molecule has 9 heteroatoms. The number of anilines is 1. The SMILES string of the molecule is COc1cc(OC)c(Cl)c(-c2ccc3c(c2)CN=C3NC(=O)c2ccc(N3CCNCC3)cc2)c1Cl. The van der Waals surface area contributed by atoms with Gasteiger partial charge in [-0.2, -0.15) is 0 Å². The predicted octanol–water partition coefficient (Wildman–Crippen LogP) is 4.78. The second kappa shape index (κ2) is 10.4. The molecule has 2 N–H and O–H groups in total. The minimum Gasteiger partial charge on any atom is -0.495 e. The van der Waals surface area contributed by atoms with Crippen LogP contribution < -0.4 is 25.0 Å². The lowest BCUT2D eigenvalue weighted by molar-refractivity contribution is 0.0977. The van der Waals surface area contributed by atoms with Gasteiger partial charge in [-0.25, -0.2) is 0 Å². The summed E-state index contributed by atoms with van der Waals surface area (Å²) in [5, 5.41) is 7.12. The van der Waals surface area contributed by atoms with Crippen LogP contribution in [-0.4, -0.2) is 52.1 Å². The zero-order valence-electron chi connectivity index (χ0n) is 20.0. The van der Waals surface area contributed by atoms with Crippen molar-refractivity contribution in [2.75, 3.05) is 45.3 Å². The minimum absolute atomic E-state index is 0.193. The molecule has 1 saturated heterocycles. The van der Waals surface area contributed by atoms with E-state index in [0.717, 1.165) is 48.6 Å². The van der Waals surface area contributed by atoms with Crippen LogP contribution in [0.4, 0.5) is 5.69 Å². The molecule has 186 valence electrons. The molecule has 3 aromatic carbocycles. The van der Waals surface area contributed by atoms with Crippen molar-refractivity contribution in [1.29, 1.82) is 0 Å². The number of benzene rings is 3. The van der Waals surface area contributed by atoms with E-state index in [4.69, 9.17) is 32.7 Å². The Bertz CT molecular complexity index is 1310. The monoisotopic (exact) mass is 524 g/mol. The average Bonchev–Trinajstić information content (AvgIpc) is 3.31. The summed E-state index contributed by atoms with van der Waals surface area (Å²) < 4.78 is 10.8. The Morgan fingerprint density at radius 2 is 1.64 bits per heavy atom. The van der Waals surface area contributed by atoms with Gasteiger partial charge < -0.3 is 25.0 Å². The van der Waals surface area contributed by atoms with Gasteiger partial charge in [-0.1, -0.05) is 35.3 Å². The molecule has 1 amide bonds. The Kier molecular flexibility index (Phi) is 7.05. The molecule has 0 radical (unpaired) electrons. The number of nitrogens with one attached hydrogen (secondary N) is 2. The molecule has 1 fully saturated rings. The second-order valence-corrected chi connectivity index (χ2v) is 9.31. The molecule has 0 bridgehead atoms. The summed E-state index contributed by atoms with van der Waals surface area (Å²) >= 11 is 13.2. The number of ether oxygens (including phenoxy) is 2. The number of amides is 1. The number of aliphatic imine (C=N–C) groups is 1. The maximum Gasteiger partial charge on any atom is 0.256 e. The maximum absolute atomic E-state index is 12.9. The topological polar surface area (TPSA) is 75.2 Å². The molecule has 2 aliphatic heterocycles. The first-order valence-corrected chi connectivity index (χ1v) is 12.4. The Balaban J connectivity index is 1.35. The number of amidine groups is 1. The first-order chi connectivity index (χ1) is 17.5. The highest BCUT2D eigenvalue weighted by molar-refractivity contribution is 6.41. The van der Waals surface area contributed by atoms with Gasteiger partial charge >= 0.3 is 0 Å². The lowest BCUT2D eigenvalue weighted by Gasteiger charge is -2.29. The van der Waals surface area contributed by atoms with Crippen LogP contribution in [0.15, 0.2) is 53.5 Å². The van der Waals surface area contributed by atoms with Crippen LogP contribution in [-0.2, 0) is 6.54 Å². The largest absolute Gasteiger partial charge is 0.495 e. The van der Waals surface area contributed by atoms with Crippen molar-refractivity contribution in [3.05, 3.63) is 75.3 Å². The van der Waals surface area contributed by atoms with Crippen molar-refractivity contribution in [3.8, 4) is 22.6 Å². The van der Waals surface area contributed by atoms with E-state index >= 15 is 0 Å². The lowest BCUT2D eigenvalue weighted by atomic mass is 9.99. The molecule has 0 aliphatic carbocycles. The van der Waals surface area contributed by atoms with Gasteiger partial charge in [0.05, 0.1) is 30.8 Å². The van der Waals surface area contributed by atoms with E-state index in [1.165, 1.54) is 0 Å². The number of piperazine rings is 1. The van der Waals surface area contributed by atoms with Gasteiger partial charge in [0.1, 0.15) is 17.3 Å². The van der Waals surface area contributed by atoms with Gasteiger partial charge in [0.25, 0.3) is 5.91 Å². The van der Waals surface area contributed by atoms with E-state index in [2.05, 4.69) is 20.5 Å². The molecule has 0 spiro atoms. The molecule has 0 aromatic heterocycles. The van der Waals surface area contributed by atoms with Crippen molar-refractivity contribution in [2.24, 2.45) is 4.99 Å². The van der Waals surface area contributed by atoms with E-state index in [-0.39, 0.29) is 5.91 Å². The molecule has 2 heterocycles. The normalized spacial score (nSPS) is 14.8. The van der Waals surface area contributed by atoms with Crippen LogP contribution in [0.25, 0.3) is 11.1 Å². The van der Waals surface area contributed by atoms with Gasteiger partial charge in [-0.05, 0) is 41.5 Å². The smallest absolute Gasteiger partial charge is 0.256 e. The molecular weight excluding hydrogens is 499 g/mol. The third-order valence-corrected chi connectivity index (χ3v) is 7.22. The fraction of sp³-hybridized carbons (Fsp3) is 0.259. The molecular formula is C27H26Cl2N4O3. The van der Waals surface area contributed by atoms with Crippen LogP contribution in [0, 0.1) is 0 Å². The minimum atomic E-state index is -0.193. The van der Waals surface area contributed by atoms with Crippen molar-refractivity contribution < 1.29 is 14.3 Å².